The van der Waals surface area contributed by atoms with E-state index in [2.05, 4.69) is 9.72 Å². The molecule has 158 valence electrons. The van der Waals surface area contributed by atoms with Gasteiger partial charge < -0.3 is 13.3 Å². The predicted octanol–water partition coefficient (Wildman–Crippen LogP) is 4.02. The van der Waals surface area contributed by atoms with Crippen LogP contribution in [0.15, 0.2) is 63.2 Å². The van der Waals surface area contributed by atoms with Gasteiger partial charge in [-0.05, 0) is 29.6 Å². The highest BCUT2D eigenvalue weighted by Crippen LogP contribution is 2.37. The Bertz CT molecular complexity index is 1390. The topological polar surface area (TPSA) is 139 Å². The zero-order valence-electron chi connectivity index (χ0n) is 15.7. The van der Waals surface area contributed by atoms with E-state index in [0.717, 1.165) is 36.6 Å². The maximum Gasteiger partial charge on any atom is 0.349 e. The van der Waals surface area contributed by atoms with Crippen LogP contribution in [0.25, 0.3) is 22.6 Å². The molecule has 0 saturated heterocycles. The summed E-state index contributed by atoms with van der Waals surface area (Å²) < 4.78 is 41.2. The molecule has 0 bridgehead atoms. The molecule has 2 heterocycles. The Morgan fingerprint density at radius 2 is 1.97 bits per heavy atom. The first kappa shape index (κ1) is 20.5. The zero-order chi connectivity index (χ0) is 22.2. The summed E-state index contributed by atoms with van der Waals surface area (Å²) in [6.45, 7) is 0. The molecule has 0 radical (unpaired) electrons. The van der Waals surface area contributed by atoms with Crippen LogP contribution in [-0.4, -0.2) is 31.4 Å². The first-order valence-electron chi connectivity index (χ1n) is 8.55. The molecule has 12 heteroatoms. The molecule has 4 rings (SSSR count). The fourth-order valence-corrected chi connectivity index (χ4v) is 5.01. The minimum Gasteiger partial charge on any atom is -0.465 e. The second kappa shape index (κ2) is 7.81. The van der Waals surface area contributed by atoms with Gasteiger partial charge in [-0.2, -0.15) is 8.42 Å². The van der Waals surface area contributed by atoms with Crippen molar-refractivity contribution in [2.24, 2.45) is 0 Å². The van der Waals surface area contributed by atoms with Gasteiger partial charge in [0, 0.05) is 12.1 Å². The van der Waals surface area contributed by atoms with Gasteiger partial charge in [0.25, 0.3) is 5.69 Å². The van der Waals surface area contributed by atoms with Crippen LogP contribution in [0, 0.1) is 10.1 Å². The molecule has 0 atom stereocenters. The number of ether oxygens (including phenoxy) is 1. The number of nitro groups is 1. The monoisotopic (exact) mass is 460 g/mol. The number of aromatic nitrogens is 1. The Hall–Kier alpha value is -3.77. The number of non-ortho nitro benzene ring substituents is 1. The van der Waals surface area contributed by atoms with Crippen LogP contribution in [0.1, 0.15) is 9.67 Å². The van der Waals surface area contributed by atoms with E-state index < -0.39 is 21.0 Å². The third-order valence-corrected chi connectivity index (χ3v) is 6.47. The number of para-hydroxylation sites is 2. The van der Waals surface area contributed by atoms with Crippen molar-refractivity contribution >= 4 is 44.2 Å². The summed E-state index contributed by atoms with van der Waals surface area (Å²) in [6.07, 6.45) is 0. The second-order valence-corrected chi connectivity index (χ2v) is 8.50. The van der Waals surface area contributed by atoms with Gasteiger partial charge in [-0.15, -0.1) is 11.3 Å². The summed E-state index contributed by atoms with van der Waals surface area (Å²) in [6, 6.07) is 11.3. The second-order valence-electron chi connectivity index (χ2n) is 6.07. The highest BCUT2D eigenvalue weighted by Gasteiger charge is 2.29. The molecule has 2 aromatic carbocycles. The van der Waals surface area contributed by atoms with Gasteiger partial charge in [0.2, 0.25) is 5.89 Å². The van der Waals surface area contributed by atoms with E-state index in [-0.39, 0.29) is 32.7 Å². The molecule has 10 nitrogen and oxygen atoms in total. The molecule has 2 aromatic heterocycles. The van der Waals surface area contributed by atoms with Crippen LogP contribution >= 0.6 is 11.3 Å². The third kappa shape index (κ3) is 3.85. The molecule has 31 heavy (non-hydrogen) atoms. The van der Waals surface area contributed by atoms with E-state index in [1.54, 1.807) is 24.3 Å². The van der Waals surface area contributed by atoms with E-state index in [1.807, 2.05) is 0 Å². The number of hydrogen-bond donors (Lipinski definition) is 0. The van der Waals surface area contributed by atoms with Crippen molar-refractivity contribution in [3.05, 3.63) is 68.9 Å². The Labute approximate surface area is 178 Å². The van der Waals surface area contributed by atoms with Crippen LogP contribution in [0.2, 0.25) is 0 Å². The van der Waals surface area contributed by atoms with Crippen molar-refractivity contribution in [2.75, 3.05) is 7.11 Å². The fourth-order valence-electron chi connectivity index (χ4n) is 2.76. The number of nitrogens with zero attached hydrogens (tertiary/aromatic N) is 2. The van der Waals surface area contributed by atoms with Crippen LogP contribution in [0.4, 0.5) is 5.69 Å². The van der Waals surface area contributed by atoms with Gasteiger partial charge in [-0.25, -0.2) is 9.78 Å². The number of hydrogen-bond acceptors (Lipinski definition) is 10. The zero-order valence-corrected chi connectivity index (χ0v) is 17.3. The van der Waals surface area contributed by atoms with Crippen molar-refractivity contribution in [1.82, 2.24) is 4.98 Å². The number of fused-ring (bicyclic) bond motifs is 1. The summed E-state index contributed by atoms with van der Waals surface area (Å²) in [4.78, 5) is 26.2. The van der Waals surface area contributed by atoms with Crippen LogP contribution in [0.3, 0.4) is 0 Å². The largest absolute Gasteiger partial charge is 0.465 e. The van der Waals surface area contributed by atoms with E-state index in [4.69, 9.17) is 8.60 Å². The van der Waals surface area contributed by atoms with Crippen molar-refractivity contribution in [1.29, 1.82) is 0 Å². The molecule has 0 unspecified atom stereocenters. The van der Waals surface area contributed by atoms with Crippen LogP contribution < -0.4 is 4.18 Å². The molecular formula is C19H12N2O8S2. The number of esters is 1. The van der Waals surface area contributed by atoms with E-state index >= 15 is 0 Å². The van der Waals surface area contributed by atoms with Gasteiger partial charge in [0.1, 0.15) is 15.3 Å². The summed E-state index contributed by atoms with van der Waals surface area (Å²) in [7, 11) is -3.35. The number of rotatable bonds is 6. The fraction of sp³-hybridized carbons (Fsp3) is 0.0526. The van der Waals surface area contributed by atoms with E-state index in [0.29, 0.717) is 11.1 Å². The molecule has 4 aromatic rings. The van der Waals surface area contributed by atoms with Gasteiger partial charge in [-0.1, -0.05) is 12.1 Å². The highest BCUT2D eigenvalue weighted by atomic mass is 32.2. The SMILES string of the molecule is COC(=O)c1sccc1S(=O)(=O)Oc1ccc([N+](=O)[O-])cc1-c1nc2ccccc2o1. The lowest BCUT2D eigenvalue weighted by Crippen LogP contribution is -2.14. The van der Waals surface area contributed by atoms with Crippen LogP contribution in [0.5, 0.6) is 5.75 Å². The Morgan fingerprint density at radius 3 is 2.68 bits per heavy atom. The molecule has 0 aliphatic heterocycles. The Balaban J connectivity index is 1.82. The number of carbonyl (C=O) groups excluding carboxylic acids is 1. The highest BCUT2D eigenvalue weighted by molar-refractivity contribution is 7.87. The summed E-state index contributed by atoms with van der Waals surface area (Å²) in [5, 5.41) is 12.6. The molecule has 0 spiro atoms. The average molecular weight is 460 g/mol. The maximum atomic E-state index is 12.9. The molecule has 0 aliphatic carbocycles. The number of oxazole rings is 1. The molecule has 0 aliphatic rings. The minimum absolute atomic E-state index is 0.0381. The number of nitro benzene ring substituents is 1. The van der Waals surface area contributed by atoms with E-state index in [1.165, 1.54) is 11.4 Å². The van der Waals surface area contributed by atoms with Gasteiger partial charge in [-0.3, -0.25) is 10.1 Å². The lowest BCUT2D eigenvalue weighted by Gasteiger charge is -2.10. The molecule has 0 saturated carbocycles. The number of methoxy groups -OCH3 is 1. The predicted molar refractivity (Wildman–Crippen MR) is 110 cm³/mol. The summed E-state index contributed by atoms with van der Waals surface area (Å²) >= 11 is 0.876. The van der Waals surface area contributed by atoms with Gasteiger partial charge in [0.15, 0.2) is 11.3 Å². The minimum atomic E-state index is -4.48. The standard InChI is InChI=1S/C19H12N2O8S2/c1-27-19(22)17-16(8-9-30-17)31(25,26)29-14-7-6-11(21(23)24)10-12(14)18-20-13-4-2-3-5-15(13)28-18/h2-10H,1H3. The normalized spacial score (nSPS) is 11.4. The summed E-state index contributed by atoms with van der Waals surface area (Å²) in [5.74, 6) is -1.15. The molecule has 0 fully saturated rings. The third-order valence-electron chi connectivity index (χ3n) is 4.17. The lowest BCUT2D eigenvalue weighted by atomic mass is 10.2. The van der Waals surface area contributed by atoms with Crippen molar-refractivity contribution in [3.8, 4) is 17.2 Å². The smallest absolute Gasteiger partial charge is 0.349 e. The van der Waals surface area contributed by atoms with Crippen molar-refractivity contribution in [3.63, 3.8) is 0 Å². The number of benzene rings is 2. The molecule has 0 amide bonds. The van der Waals surface area contributed by atoms with Crippen molar-refractivity contribution in [2.45, 2.75) is 4.90 Å². The Kier molecular flexibility index (Phi) is 5.17. The summed E-state index contributed by atoms with van der Waals surface area (Å²) in [5.41, 5.74) is 0.531. The van der Waals surface area contributed by atoms with Gasteiger partial charge >= 0.3 is 16.1 Å². The van der Waals surface area contributed by atoms with Crippen molar-refractivity contribution < 1.29 is 31.5 Å². The maximum absolute atomic E-state index is 12.9. The molecule has 0 N–H and O–H groups in total. The average Bonchev–Trinajstić information content (AvgIpc) is 3.40. The van der Waals surface area contributed by atoms with Gasteiger partial charge in [0.05, 0.1) is 17.6 Å². The molecular weight excluding hydrogens is 448 g/mol. The first-order chi connectivity index (χ1) is 14.8. The Morgan fingerprint density at radius 1 is 1.19 bits per heavy atom. The quantitative estimate of drug-likeness (QED) is 0.181. The number of thiophene rings is 1. The van der Waals surface area contributed by atoms with Crippen LogP contribution in [-0.2, 0) is 14.9 Å². The first-order valence-corrected chi connectivity index (χ1v) is 10.8. The van der Waals surface area contributed by atoms with E-state index in [9.17, 15) is 23.3 Å². The number of carbonyl (C=O) groups is 1. The lowest BCUT2D eigenvalue weighted by molar-refractivity contribution is -0.384.